The number of fused-ring (bicyclic) bond motifs is 1. The number of benzene rings is 1. The second-order valence-corrected chi connectivity index (χ2v) is 4.12. The van der Waals surface area contributed by atoms with Gasteiger partial charge in [-0.1, -0.05) is 6.92 Å². The van der Waals surface area contributed by atoms with Crippen LogP contribution in [0.4, 0.5) is 4.39 Å². The molecule has 0 saturated carbocycles. The molecule has 0 spiro atoms. The second kappa shape index (κ2) is 3.67. The van der Waals surface area contributed by atoms with Crippen LogP contribution in [0.3, 0.4) is 0 Å². The minimum Gasteiger partial charge on any atom is -0.392 e. The highest BCUT2D eigenvalue weighted by Gasteiger charge is 2.11. The van der Waals surface area contributed by atoms with Crippen LogP contribution in [0.25, 0.3) is 10.1 Å². The smallest absolute Gasteiger partial charge is 0.132 e. The van der Waals surface area contributed by atoms with Crippen LogP contribution in [0.15, 0.2) is 17.5 Å². The molecule has 14 heavy (non-hydrogen) atoms. The summed E-state index contributed by atoms with van der Waals surface area (Å²) in [5.74, 6) is -0.249. The molecule has 0 aliphatic rings. The highest BCUT2D eigenvalue weighted by Crippen LogP contribution is 2.29. The fourth-order valence-corrected chi connectivity index (χ4v) is 2.51. The monoisotopic (exact) mass is 210 g/mol. The molecule has 1 nitrogen and oxygen atoms in total. The van der Waals surface area contributed by atoms with E-state index in [0.29, 0.717) is 17.5 Å². The summed E-state index contributed by atoms with van der Waals surface area (Å²) in [5, 5.41) is 11.9. The molecule has 0 aliphatic carbocycles. The first-order valence-corrected chi connectivity index (χ1v) is 5.44. The number of aliphatic hydroxyl groups excluding tert-OH is 1. The lowest BCUT2D eigenvalue weighted by molar-refractivity contribution is 0.277. The first-order chi connectivity index (χ1) is 6.77. The Labute approximate surface area is 85.8 Å². The molecule has 1 heterocycles. The average Bonchev–Trinajstić information content (AvgIpc) is 2.64. The molecule has 0 saturated heterocycles. The van der Waals surface area contributed by atoms with Gasteiger partial charge in [0.1, 0.15) is 5.82 Å². The molecule has 0 amide bonds. The topological polar surface area (TPSA) is 20.2 Å². The van der Waals surface area contributed by atoms with Crippen molar-refractivity contribution in [1.29, 1.82) is 0 Å². The van der Waals surface area contributed by atoms with Crippen molar-refractivity contribution in [3.63, 3.8) is 0 Å². The molecule has 0 aliphatic heterocycles. The largest absolute Gasteiger partial charge is 0.392 e. The first kappa shape index (κ1) is 9.62. The summed E-state index contributed by atoms with van der Waals surface area (Å²) in [6.45, 7) is 1.69. The summed E-state index contributed by atoms with van der Waals surface area (Å²) >= 11 is 1.58. The van der Waals surface area contributed by atoms with Gasteiger partial charge in [-0.15, -0.1) is 11.3 Å². The van der Waals surface area contributed by atoms with E-state index in [4.69, 9.17) is 5.11 Å². The summed E-state index contributed by atoms with van der Waals surface area (Å²) < 4.78 is 14.8. The van der Waals surface area contributed by atoms with Gasteiger partial charge in [0.2, 0.25) is 0 Å². The molecule has 0 radical (unpaired) electrons. The number of aryl methyl sites for hydroxylation is 1. The normalized spacial score (nSPS) is 11.1. The third-order valence-electron chi connectivity index (χ3n) is 2.41. The number of hydrogen-bond acceptors (Lipinski definition) is 2. The lowest BCUT2D eigenvalue weighted by atomic mass is 10.0. The van der Waals surface area contributed by atoms with E-state index < -0.39 is 0 Å². The van der Waals surface area contributed by atoms with Gasteiger partial charge >= 0.3 is 0 Å². The van der Waals surface area contributed by atoms with Crippen LogP contribution in [0.1, 0.15) is 18.1 Å². The minimum atomic E-state index is -0.249. The van der Waals surface area contributed by atoms with Crippen molar-refractivity contribution in [3.05, 3.63) is 34.5 Å². The van der Waals surface area contributed by atoms with Gasteiger partial charge in [-0.05, 0) is 29.5 Å². The van der Waals surface area contributed by atoms with E-state index in [2.05, 4.69) is 0 Å². The van der Waals surface area contributed by atoms with Crippen LogP contribution in [-0.4, -0.2) is 5.11 Å². The van der Waals surface area contributed by atoms with Crippen molar-refractivity contribution in [2.45, 2.75) is 20.0 Å². The number of aliphatic hydroxyl groups is 1. The lowest BCUT2D eigenvalue weighted by Crippen LogP contribution is -1.96. The van der Waals surface area contributed by atoms with Gasteiger partial charge in [-0.3, -0.25) is 0 Å². The molecule has 74 valence electrons. The summed E-state index contributed by atoms with van der Waals surface area (Å²) in [6, 6.07) is 3.72. The predicted octanol–water partition coefficient (Wildman–Crippen LogP) is 3.10. The molecular weight excluding hydrogens is 199 g/mol. The van der Waals surface area contributed by atoms with Crippen LogP contribution >= 0.6 is 11.3 Å². The van der Waals surface area contributed by atoms with Crippen LogP contribution < -0.4 is 0 Å². The van der Waals surface area contributed by atoms with E-state index in [1.165, 1.54) is 0 Å². The standard InChI is InChI=1S/C11H11FOS/c1-2-7-5-10-8(3-4-14-10)9(6-13)11(7)12/h3-5,13H,2,6H2,1H3. The zero-order valence-corrected chi connectivity index (χ0v) is 8.70. The van der Waals surface area contributed by atoms with Gasteiger partial charge in [-0.25, -0.2) is 4.39 Å². The number of rotatable bonds is 2. The maximum atomic E-state index is 13.7. The Balaban J connectivity index is 2.80. The van der Waals surface area contributed by atoms with Crippen molar-refractivity contribution >= 4 is 21.4 Å². The SMILES string of the molecule is CCc1cc2sccc2c(CO)c1F. The Morgan fingerprint density at radius 3 is 2.93 bits per heavy atom. The Morgan fingerprint density at radius 1 is 1.50 bits per heavy atom. The molecule has 0 fully saturated rings. The van der Waals surface area contributed by atoms with Gasteiger partial charge in [0.05, 0.1) is 6.61 Å². The first-order valence-electron chi connectivity index (χ1n) is 4.56. The summed E-state index contributed by atoms with van der Waals surface area (Å²) in [4.78, 5) is 0. The van der Waals surface area contributed by atoms with Crippen LogP contribution in [0.5, 0.6) is 0 Å². The van der Waals surface area contributed by atoms with E-state index in [1.54, 1.807) is 11.3 Å². The maximum Gasteiger partial charge on any atom is 0.132 e. The molecular formula is C11H11FOS. The molecule has 1 N–H and O–H groups in total. The zero-order chi connectivity index (χ0) is 10.1. The maximum absolute atomic E-state index is 13.7. The Morgan fingerprint density at radius 2 is 2.29 bits per heavy atom. The summed E-state index contributed by atoms with van der Waals surface area (Å²) in [6.07, 6.45) is 0.659. The van der Waals surface area contributed by atoms with Crippen molar-refractivity contribution in [2.24, 2.45) is 0 Å². The van der Waals surface area contributed by atoms with Gasteiger partial charge < -0.3 is 5.11 Å². The van der Waals surface area contributed by atoms with E-state index in [9.17, 15) is 4.39 Å². The fourth-order valence-electron chi connectivity index (χ4n) is 1.63. The van der Waals surface area contributed by atoms with E-state index in [1.807, 2.05) is 24.4 Å². The van der Waals surface area contributed by atoms with Crippen molar-refractivity contribution < 1.29 is 9.50 Å². The Hall–Kier alpha value is -0.930. The van der Waals surface area contributed by atoms with Gasteiger partial charge in [0.25, 0.3) is 0 Å². The molecule has 3 heteroatoms. The summed E-state index contributed by atoms with van der Waals surface area (Å²) in [5.41, 5.74) is 1.12. The average molecular weight is 210 g/mol. The van der Waals surface area contributed by atoms with Gasteiger partial charge in [0.15, 0.2) is 0 Å². The molecule has 1 aromatic heterocycles. The van der Waals surface area contributed by atoms with Crippen molar-refractivity contribution in [2.75, 3.05) is 0 Å². The third-order valence-corrected chi connectivity index (χ3v) is 3.28. The Bertz CT molecular complexity index is 462. The van der Waals surface area contributed by atoms with Crippen LogP contribution in [0.2, 0.25) is 0 Å². The fraction of sp³-hybridized carbons (Fsp3) is 0.273. The van der Waals surface area contributed by atoms with E-state index in [0.717, 1.165) is 10.1 Å². The number of thiophene rings is 1. The number of halogens is 1. The zero-order valence-electron chi connectivity index (χ0n) is 7.88. The van der Waals surface area contributed by atoms with Crippen molar-refractivity contribution in [1.82, 2.24) is 0 Å². The van der Waals surface area contributed by atoms with Crippen LogP contribution in [-0.2, 0) is 13.0 Å². The van der Waals surface area contributed by atoms with E-state index >= 15 is 0 Å². The molecule has 0 atom stereocenters. The number of hydrogen-bond donors (Lipinski definition) is 1. The summed E-state index contributed by atoms with van der Waals surface area (Å²) in [7, 11) is 0. The van der Waals surface area contributed by atoms with Gasteiger partial charge in [-0.2, -0.15) is 0 Å². The van der Waals surface area contributed by atoms with Crippen molar-refractivity contribution in [3.8, 4) is 0 Å². The molecule has 2 rings (SSSR count). The predicted molar refractivity (Wildman–Crippen MR) is 57.1 cm³/mol. The Kier molecular flexibility index (Phi) is 2.52. The quantitative estimate of drug-likeness (QED) is 0.807. The highest BCUT2D eigenvalue weighted by atomic mass is 32.1. The van der Waals surface area contributed by atoms with Gasteiger partial charge in [0, 0.05) is 15.6 Å². The molecule has 0 bridgehead atoms. The second-order valence-electron chi connectivity index (χ2n) is 3.17. The molecule has 2 aromatic rings. The molecule has 1 aromatic carbocycles. The highest BCUT2D eigenvalue weighted by molar-refractivity contribution is 7.17. The minimum absolute atomic E-state index is 0.229. The van der Waals surface area contributed by atoms with Crippen LogP contribution in [0, 0.1) is 5.82 Å². The third kappa shape index (κ3) is 1.33. The lowest BCUT2D eigenvalue weighted by Gasteiger charge is -2.06. The van der Waals surface area contributed by atoms with E-state index in [-0.39, 0.29) is 12.4 Å². The molecule has 0 unspecified atom stereocenters.